The molecule has 1 atom stereocenters. The fourth-order valence-electron chi connectivity index (χ4n) is 3.25. The second kappa shape index (κ2) is 8.98. The molecule has 0 radical (unpaired) electrons. The van der Waals surface area contributed by atoms with Gasteiger partial charge in [-0.25, -0.2) is 13.5 Å². The van der Waals surface area contributed by atoms with Crippen molar-refractivity contribution in [3.05, 3.63) is 108 Å². The van der Waals surface area contributed by atoms with Crippen LogP contribution in [-0.4, -0.2) is 21.4 Å². The van der Waals surface area contributed by atoms with E-state index in [0.717, 1.165) is 22.5 Å². The molecule has 4 aromatic rings. The van der Waals surface area contributed by atoms with Crippen molar-refractivity contribution >= 4 is 0 Å². The Bertz CT molecular complexity index is 1090. The van der Waals surface area contributed by atoms with E-state index in [2.05, 4.69) is 5.32 Å². The number of aliphatic hydroxyl groups is 1. The maximum atomic E-state index is 13.4. The van der Waals surface area contributed by atoms with E-state index in [9.17, 15) is 13.9 Å². The molecule has 3 aromatic carbocycles. The fraction of sp³-hybridized carbons (Fsp3) is 0.125. The Balaban J connectivity index is 1.54. The van der Waals surface area contributed by atoms with Gasteiger partial charge in [0, 0.05) is 30.4 Å². The van der Waals surface area contributed by atoms with Crippen molar-refractivity contribution in [3.63, 3.8) is 0 Å². The molecule has 1 unspecified atom stereocenters. The molecule has 1 aromatic heterocycles. The zero-order chi connectivity index (χ0) is 20.9. The van der Waals surface area contributed by atoms with Gasteiger partial charge in [-0.3, -0.25) is 0 Å². The van der Waals surface area contributed by atoms with E-state index in [0.29, 0.717) is 18.7 Å². The Kier molecular flexibility index (Phi) is 5.97. The monoisotopic (exact) mass is 405 g/mol. The topological polar surface area (TPSA) is 50.1 Å². The van der Waals surface area contributed by atoms with Gasteiger partial charge in [-0.1, -0.05) is 30.3 Å². The van der Waals surface area contributed by atoms with Crippen LogP contribution in [0.4, 0.5) is 8.78 Å². The quantitative estimate of drug-likeness (QED) is 0.471. The van der Waals surface area contributed by atoms with E-state index in [4.69, 9.17) is 5.10 Å². The Morgan fingerprint density at radius 3 is 2.17 bits per heavy atom. The summed E-state index contributed by atoms with van der Waals surface area (Å²) in [5.74, 6) is -0.639. The van der Waals surface area contributed by atoms with E-state index < -0.39 is 6.10 Å². The molecular weight excluding hydrogens is 384 g/mol. The maximum Gasteiger partial charge on any atom is 0.123 e. The first-order chi connectivity index (χ1) is 14.6. The molecule has 0 aliphatic rings. The number of nitrogens with one attached hydrogen (secondary N) is 1. The van der Waals surface area contributed by atoms with Gasteiger partial charge in [0.1, 0.15) is 11.6 Å². The maximum absolute atomic E-state index is 13.4. The number of aromatic nitrogens is 2. The number of nitrogens with zero attached hydrogens (tertiary/aromatic N) is 2. The summed E-state index contributed by atoms with van der Waals surface area (Å²) in [5, 5.41) is 18.3. The van der Waals surface area contributed by atoms with Crippen LogP contribution in [0.5, 0.6) is 0 Å². The Labute approximate surface area is 173 Å². The summed E-state index contributed by atoms with van der Waals surface area (Å²) < 4.78 is 28.2. The van der Waals surface area contributed by atoms with Crippen molar-refractivity contribution in [2.75, 3.05) is 6.54 Å². The van der Waals surface area contributed by atoms with Crippen LogP contribution in [0.25, 0.3) is 16.9 Å². The van der Waals surface area contributed by atoms with E-state index in [-0.39, 0.29) is 11.6 Å². The Hall–Kier alpha value is -3.35. The highest BCUT2D eigenvalue weighted by atomic mass is 19.1. The van der Waals surface area contributed by atoms with Crippen molar-refractivity contribution in [3.8, 4) is 16.9 Å². The molecule has 4 rings (SSSR count). The van der Waals surface area contributed by atoms with Gasteiger partial charge in [0.05, 0.1) is 17.5 Å². The molecule has 6 heteroatoms. The highest BCUT2D eigenvalue weighted by Crippen LogP contribution is 2.24. The standard InChI is InChI=1S/C24H21F2N3O/c25-20-10-6-17(7-11-20)23(30)15-27-14-19-16-29(22-4-2-1-3-5-22)28-24(19)18-8-12-21(26)13-9-18/h1-13,16,23,27,30H,14-15H2. The first-order valence-electron chi connectivity index (χ1n) is 9.64. The van der Waals surface area contributed by atoms with E-state index in [1.165, 1.54) is 24.3 Å². The van der Waals surface area contributed by atoms with Crippen molar-refractivity contribution in [2.24, 2.45) is 0 Å². The van der Waals surface area contributed by atoms with Gasteiger partial charge in [0.15, 0.2) is 0 Å². The molecule has 0 spiro atoms. The lowest BCUT2D eigenvalue weighted by atomic mass is 10.1. The molecule has 30 heavy (non-hydrogen) atoms. The predicted molar refractivity (Wildman–Crippen MR) is 112 cm³/mol. The third-order valence-corrected chi connectivity index (χ3v) is 4.84. The minimum atomic E-state index is -0.760. The number of rotatable bonds is 7. The van der Waals surface area contributed by atoms with Crippen molar-refractivity contribution in [1.29, 1.82) is 0 Å². The van der Waals surface area contributed by atoms with Gasteiger partial charge >= 0.3 is 0 Å². The van der Waals surface area contributed by atoms with E-state index >= 15 is 0 Å². The zero-order valence-electron chi connectivity index (χ0n) is 16.2. The summed E-state index contributed by atoms with van der Waals surface area (Å²) in [6.45, 7) is 0.753. The lowest BCUT2D eigenvalue weighted by molar-refractivity contribution is 0.174. The third kappa shape index (κ3) is 4.62. The van der Waals surface area contributed by atoms with E-state index in [1.54, 1.807) is 28.9 Å². The van der Waals surface area contributed by atoms with E-state index in [1.807, 2.05) is 36.5 Å². The molecule has 0 saturated heterocycles. The number of halogens is 2. The molecule has 0 aliphatic heterocycles. The largest absolute Gasteiger partial charge is 0.387 e. The van der Waals surface area contributed by atoms with Crippen LogP contribution >= 0.6 is 0 Å². The normalized spacial score (nSPS) is 12.1. The minimum Gasteiger partial charge on any atom is -0.387 e. The lowest BCUT2D eigenvalue weighted by Gasteiger charge is -2.12. The summed E-state index contributed by atoms with van der Waals surface area (Å²) >= 11 is 0. The number of hydrogen-bond donors (Lipinski definition) is 2. The van der Waals surface area contributed by atoms with Gasteiger partial charge < -0.3 is 10.4 Å². The predicted octanol–water partition coefficient (Wildman–Crippen LogP) is 4.64. The smallest absolute Gasteiger partial charge is 0.123 e. The van der Waals surface area contributed by atoms with Crippen LogP contribution in [-0.2, 0) is 6.54 Å². The summed E-state index contributed by atoms with van der Waals surface area (Å²) in [5.41, 5.74) is 4.02. The molecule has 1 heterocycles. The van der Waals surface area contributed by atoms with Gasteiger partial charge in [-0.2, -0.15) is 5.10 Å². The molecule has 0 bridgehead atoms. The molecule has 0 amide bonds. The first-order valence-corrected chi connectivity index (χ1v) is 9.64. The molecule has 0 aliphatic carbocycles. The van der Waals surface area contributed by atoms with Crippen LogP contribution in [0.3, 0.4) is 0 Å². The van der Waals surface area contributed by atoms with Crippen molar-refractivity contribution in [2.45, 2.75) is 12.6 Å². The van der Waals surface area contributed by atoms with Gasteiger partial charge in [-0.05, 0) is 54.1 Å². The van der Waals surface area contributed by atoms with Crippen LogP contribution in [0.2, 0.25) is 0 Å². The summed E-state index contributed by atoms with van der Waals surface area (Å²) in [7, 11) is 0. The molecule has 0 fully saturated rings. The van der Waals surface area contributed by atoms with Gasteiger partial charge in [0.25, 0.3) is 0 Å². The summed E-state index contributed by atoms with van der Waals surface area (Å²) in [6, 6.07) is 21.7. The highest BCUT2D eigenvalue weighted by molar-refractivity contribution is 5.63. The number of hydrogen-bond acceptors (Lipinski definition) is 3. The molecule has 4 nitrogen and oxygen atoms in total. The zero-order valence-corrected chi connectivity index (χ0v) is 16.2. The Morgan fingerprint density at radius 2 is 1.50 bits per heavy atom. The number of benzene rings is 3. The molecule has 152 valence electrons. The van der Waals surface area contributed by atoms with Crippen LogP contribution in [0, 0.1) is 11.6 Å². The van der Waals surface area contributed by atoms with Crippen LogP contribution in [0.1, 0.15) is 17.2 Å². The van der Waals surface area contributed by atoms with Crippen LogP contribution in [0.15, 0.2) is 85.1 Å². The van der Waals surface area contributed by atoms with Crippen LogP contribution < -0.4 is 5.32 Å². The average molecular weight is 405 g/mol. The molecule has 0 saturated carbocycles. The average Bonchev–Trinajstić information content (AvgIpc) is 3.19. The molecule has 2 N–H and O–H groups in total. The van der Waals surface area contributed by atoms with Crippen molar-refractivity contribution < 1.29 is 13.9 Å². The van der Waals surface area contributed by atoms with Crippen molar-refractivity contribution in [1.82, 2.24) is 15.1 Å². The number of para-hydroxylation sites is 1. The molecular formula is C24H21F2N3O. The highest BCUT2D eigenvalue weighted by Gasteiger charge is 2.14. The fourth-order valence-corrected chi connectivity index (χ4v) is 3.25. The minimum absolute atomic E-state index is 0.297. The Morgan fingerprint density at radius 1 is 0.867 bits per heavy atom. The summed E-state index contributed by atoms with van der Waals surface area (Å²) in [4.78, 5) is 0. The second-order valence-corrected chi connectivity index (χ2v) is 6.99. The third-order valence-electron chi connectivity index (χ3n) is 4.84. The lowest BCUT2D eigenvalue weighted by Crippen LogP contribution is -2.21. The first kappa shape index (κ1) is 19.9. The SMILES string of the molecule is OC(CNCc1cn(-c2ccccc2)nc1-c1ccc(F)cc1)c1ccc(F)cc1. The van der Waals surface area contributed by atoms with Gasteiger partial charge in [-0.15, -0.1) is 0 Å². The second-order valence-electron chi connectivity index (χ2n) is 6.99. The van der Waals surface area contributed by atoms with Gasteiger partial charge in [0.2, 0.25) is 0 Å². The number of aliphatic hydroxyl groups excluding tert-OH is 1. The summed E-state index contributed by atoms with van der Waals surface area (Å²) in [6.07, 6.45) is 1.16.